The van der Waals surface area contributed by atoms with Gasteiger partial charge in [0.2, 0.25) is 0 Å². The molecular formula is C9H7NS4. The standard InChI is InChI=1S/C9H7NS4/c11-9-13-6-8(14-9)12-5-7-2-1-3-10-4-7/h1-4,6H,5H2. The Kier molecular flexibility index (Phi) is 3.69. The first-order chi connectivity index (χ1) is 6.84. The quantitative estimate of drug-likeness (QED) is 0.603. The third-order valence-corrected chi connectivity index (χ3v) is 5.43. The summed E-state index contributed by atoms with van der Waals surface area (Å²) in [6, 6.07) is 4.05. The molecule has 0 aliphatic carbocycles. The fourth-order valence-electron chi connectivity index (χ4n) is 0.928. The number of hydrogen-bond donors (Lipinski definition) is 0. The van der Waals surface area contributed by atoms with Crippen LogP contribution in [0.2, 0.25) is 0 Å². The smallest absolute Gasteiger partial charge is 0.144 e. The summed E-state index contributed by atoms with van der Waals surface area (Å²) in [5.41, 5.74) is 1.25. The van der Waals surface area contributed by atoms with Crippen molar-refractivity contribution >= 4 is 46.7 Å². The molecule has 0 fully saturated rings. The minimum Gasteiger partial charge on any atom is -0.264 e. The van der Waals surface area contributed by atoms with Crippen molar-refractivity contribution in [1.29, 1.82) is 0 Å². The molecule has 2 rings (SSSR count). The molecule has 0 bridgehead atoms. The van der Waals surface area contributed by atoms with Gasteiger partial charge < -0.3 is 0 Å². The molecule has 0 saturated heterocycles. The Hall–Kier alpha value is -0.230. The average molecular weight is 257 g/mol. The highest BCUT2D eigenvalue weighted by Crippen LogP contribution is 2.30. The van der Waals surface area contributed by atoms with Crippen LogP contribution in [0, 0.1) is 3.14 Å². The van der Waals surface area contributed by atoms with E-state index in [9.17, 15) is 0 Å². The van der Waals surface area contributed by atoms with Crippen molar-refractivity contribution < 1.29 is 0 Å². The number of hydrogen-bond acceptors (Lipinski definition) is 5. The van der Waals surface area contributed by atoms with Crippen molar-refractivity contribution in [3.05, 3.63) is 38.6 Å². The Morgan fingerprint density at radius 2 is 2.43 bits per heavy atom. The molecule has 0 aliphatic rings. The van der Waals surface area contributed by atoms with Crippen LogP contribution >= 0.6 is 46.7 Å². The number of rotatable bonds is 3. The minimum atomic E-state index is 0.968. The van der Waals surface area contributed by atoms with E-state index in [0.717, 1.165) is 8.89 Å². The molecule has 2 heterocycles. The highest BCUT2D eigenvalue weighted by Gasteiger charge is 1.98. The zero-order valence-electron chi connectivity index (χ0n) is 7.17. The summed E-state index contributed by atoms with van der Waals surface area (Å²) >= 11 is 10.2. The molecule has 0 aliphatic heterocycles. The van der Waals surface area contributed by atoms with Gasteiger partial charge in [-0.1, -0.05) is 18.3 Å². The van der Waals surface area contributed by atoms with Gasteiger partial charge in [0.15, 0.2) is 0 Å². The van der Waals surface area contributed by atoms with Gasteiger partial charge in [-0.15, -0.1) is 34.4 Å². The van der Waals surface area contributed by atoms with E-state index >= 15 is 0 Å². The highest BCUT2D eigenvalue weighted by molar-refractivity contribution is 8.00. The second kappa shape index (κ2) is 5.02. The van der Waals surface area contributed by atoms with Gasteiger partial charge in [0.05, 0.1) is 4.21 Å². The van der Waals surface area contributed by atoms with Crippen molar-refractivity contribution in [3.63, 3.8) is 0 Å². The molecule has 0 radical (unpaired) electrons. The van der Waals surface area contributed by atoms with Crippen molar-refractivity contribution in [2.75, 3.05) is 0 Å². The summed E-state index contributed by atoms with van der Waals surface area (Å²) in [4.78, 5) is 4.07. The van der Waals surface area contributed by atoms with Crippen molar-refractivity contribution in [3.8, 4) is 0 Å². The van der Waals surface area contributed by atoms with Gasteiger partial charge in [-0.25, -0.2) is 0 Å². The molecule has 0 atom stereocenters. The van der Waals surface area contributed by atoms with Crippen LogP contribution in [0.3, 0.4) is 0 Å². The molecule has 0 spiro atoms. The summed E-state index contributed by atoms with van der Waals surface area (Å²) in [6.07, 6.45) is 3.70. The monoisotopic (exact) mass is 257 g/mol. The lowest BCUT2D eigenvalue weighted by Crippen LogP contribution is -1.79. The molecule has 2 aromatic rings. The number of thioether (sulfide) groups is 1. The topological polar surface area (TPSA) is 12.9 Å². The van der Waals surface area contributed by atoms with E-state index in [1.807, 2.05) is 24.0 Å². The highest BCUT2D eigenvalue weighted by atomic mass is 32.2. The molecule has 0 N–H and O–H groups in total. The van der Waals surface area contributed by atoms with Gasteiger partial charge >= 0.3 is 0 Å². The zero-order chi connectivity index (χ0) is 9.80. The first kappa shape index (κ1) is 10.3. The summed E-state index contributed by atoms with van der Waals surface area (Å²) in [7, 11) is 0. The van der Waals surface area contributed by atoms with Crippen LogP contribution in [0.1, 0.15) is 5.56 Å². The van der Waals surface area contributed by atoms with Gasteiger partial charge in [0, 0.05) is 23.5 Å². The SMILES string of the molecule is S=c1scc(SCc2cccnc2)s1. The van der Waals surface area contributed by atoms with Crippen LogP contribution < -0.4 is 0 Å². The first-order valence-electron chi connectivity index (χ1n) is 3.95. The van der Waals surface area contributed by atoms with E-state index in [1.165, 1.54) is 9.77 Å². The second-order valence-corrected chi connectivity index (χ2v) is 6.95. The maximum atomic E-state index is 5.08. The maximum Gasteiger partial charge on any atom is 0.144 e. The number of pyridine rings is 1. The molecule has 2 aromatic heterocycles. The van der Waals surface area contributed by atoms with E-state index in [0.29, 0.717) is 0 Å². The Bertz CT molecular complexity index is 445. The lowest BCUT2D eigenvalue weighted by Gasteiger charge is -1.96. The lowest BCUT2D eigenvalue weighted by molar-refractivity contribution is 1.25. The van der Waals surface area contributed by atoms with Crippen molar-refractivity contribution in [1.82, 2.24) is 4.98 Å². The predicted molar refractivity (Wildman–Crippen MR) is 66.8 cm³/mol. The second-order valence-electron chi connectivity index (χ2n) is 2.56. The van der Waals surface area contributed by atoms with Crippen molar-refractivity contribution in [2.45, 2.75) is 9.96 Å². The predicted octanol–water partition coefficient (Wildman–Crippen LogP) is 4.23. The van der Waals surface area contributed by atoms with Gasteiger partial charge in [-0.3, -0.25) is 4.98 Å². The Labute approximate surface area is 99.8 Å². The normalized spacial score (nSPS) is 10.3. The van der Waals surface area contributed by atoms with Gasteiger partial charge in [-0.2, -0.15) is 0 Å². The van der Waals surface area contributed by atoms with Gasteiger partial charge in [-0.05, 0) is 11.6 Å². The minimum absolute atomic E-state index is 0.968. The molecular weight excluding hydrogens is 250 g/mol. The van der Waals surface area contributed by atoms with Crippen molar-refractivity contribution in [2.24, 2.45) is 0 Å². The average Bonchev–Trinajstić information content (AvgIpc) is 2.63. The number of nitrogens with zero attached hydrogens (tertiary/aromatic N) is 1. The molecule has 0 unspecified atom stereocenters. The fraction of sp³-hybridized carbons (Fsp3) is 0.111. The van der Waals surface area contributed by atoms with E-state index in [4.69, 9.17) is 12.2 Å². The maximum absolute atomic E-state index is 5.08. The van der Waals surface area contributed by atoms with E-state index in [2.05, 4.69) is 16.4 Å². The van der Waals surface area contributed by atoms with Crippen LogP contribution in [-0.2, 0) is 5.75 Å². The summed E-state index contributed by atoms with van der Waals surface area (Å²) in [5, 5.41) is 2.12. The van der Waals surface area contributed by atoms with Crippen LogP contribution in [0.4, 0.5) is 0 Å². The molecule has 1 nitrogen and oxygen atoms in total. The Morgan fingerprint density at radius 3 is 3.07 bits per heavy atom. The Morgan fingerprint density at radius 1 is 1.50 bits per heavy atom. The van der Waals surface area contributed by atoms with Crippen LogP contribution in [0.25, 0.3) is 0 Å². The lowest BCUT2D eigenvalue weighted by atomic mass is 10.3. The number of aromatic nitrogens is 1. The Balaban J connectivity index is 1.98. The van der Waals surface area contributed by atoms with E-state index < -0.39 is 0 Å². The molecule has 0 saturated carbocycles. The van der Waals surface area contributed by atoms with Crippen LogP contribution in [0.15, 0.2) is 34.1 Å². The third kappa shape index (κ3) is 2.88. The van der Waals surface area contributed by atoms with E-state index in [-0.39, 0.29) is 0 Å². The molecule has 14 heavy (non-hydrogen) atoms. The largest absolute Gasteiger partial charge is 0.264 e. The zero-order valence-corrected chi connectivity index (χ0v) is 10.4. The van der Waals surface area contributed by atoms with Gasteiger partial charge in [0.1, 0.15) is 3.14 Å². The van der Waals surface area contributed by atoms with Crippen LogP contribution in [0.5, 0.6) is 0 Å². The first-order valence-corrected chi connectivity index (χ1v) is 7.04. The molecule has 5 heteroatoms. The molecule has 72 valence electrons. The summed E-state index contributed by atoms with van der Waals surface area (Å²) < 4.78 is 2.29. The van der Waals surface area contributed by atoms with E-state index in [1.54, 1.807) is 28.9 Å². The summed E-state index contributed by atoms with van der Waals surface area (Å²) in [6.45, 7) is 0. The van der Waals surface area contributed by atoms with Crippen LogP contribution in [-0.4, -0.2) is 4.98 Å². The third-order valence-electron chi connectivity index (χ3n) is 1.54. The fourth-order valence-corrected chi connectivity index (χ4v) is 4.52. The molecule has 0 amide bonds. The molecule has 0 aromatic carbocycles. The summed E-state index contributed by atoms with van der Waals surface area (Å²) in [5.74, 6) is 0.968. The van der Waals surface area contributed by atoms with Gasteiger partial charge in [0.25, 0.3) is 0 Å².